The average molecular weight is 852 g/mol. The molecular weight excluding hydrogens is 782 g/mol. The van der Waals surface area contributed by atoms with E-state index in [1.165, 1.54) is 32.1 Å². The molecule has 0 spiro atoms. The maximum atomic E-state index is 4.46. The first-order chi connectivity index (χ1) is 25.2. The molecule has 4 aromatic rings. The van der Waals surface area contributed by atoms with Crippen molar-refractivity contribution in [1.82, 2.24) is 9.80 Å². The third-order valence-corrected chi connectivity index (χ3v) is 7.50. The Kier molecular flexibility index (Phi) is 47.6. The van der Waals surface area contributed by atoms with Crippen LogP contribution in [0.1, 0.15) is 22.3 Å². The number of hydrogen-bond acceptors (Lipinski definition) is 2. The van der Waals surface area contributed by atoms with Gasteiger partial charge in [0.25, 0.3) is 0 Å². The first-order valence-electron chi connectivity index (χ1n) is 18.7. The molecule has 0 saturated carbocycles. The number of nitrogens with zero attached hydrogens (tertiary/aromatic N) is 6. The first-order valence-corrected chi connectivity index (χ1v) is 18.7. The zero-order chi connectivity index (χ0) is 38.1. The second-order valence-corrected chi connectivity index (χ2v) is 13.9. The van der Waals surface area contributed by atoms with Gasteiger partial charge in [-0.2, -0.15) is 0 Å². The van der Waals surface area contributed by atoms with Crippen LogP contribution in [-0.2, 0) is 60.3 Å². The van der Waals surface area contributed by atoms with Crippen LogP contribution in [-0.4, -0.2) is 119 Å². The van der Waals surface area contributed by atoms with Gasteiger partial charge in [-0.3, -0.25) is 0 Å². The van der Waals surface area contributed by atoms with Gasteiger partial charge >= 0.3 is 71.9 Å². The summed E-state index contributed by atoms with van der Waals surface area (Å²) >= 11 is 0. The van der Waals surface area contributed by atoms with E-state index >= 15 is 0 Å². The van der Waals surface area contributed by atoms with E-state index < -0.39 is 0 Å². The quantitative estimate of drug-likeness (QED) is 0.0946. The minimum Gasteiger partial charge on any atom is -0.657 e. The summed E-state index contributed by atoms with van der Waals surface area (Å²) in [6, 6.07) is 41.5. The standard InChI is InChI=1S/4C11H17N2.2Cu.2Li/c4*1-13(2)9-8-12-10-11-6-4-3-5-7-11;;;;/h4*3-7H,8-10H2,1-2H3;;;;/q4*-1;4*+1/p+2. The Bertz CT molecular complexity index is 1110. The molecule has 0 aliphatic heterocycles. The Labute approximate surface area is 388 Å². The predicted molar refractivity (Wildman–Crippen MR) is 226 cm³/mol. The topological polar surface area (TPSA) is 71.8 Å². The molecule has 0 amide bonds. The Balaban J connectivity index is -0.000000314. The van der Waals surface area contributed by atoms with Crippen LogP contribution in [0.25, 0.3) is 21.3 Å². The van der Waals surface area contributed by atoms with Crippen LogP contribution in [0.4, 0.5) is 0 Å². The Morgan fingerprint density at radius 3 is 0.786 bits per heavy atom. The molecule has 56 heavy (non-hydrogen) atoms. The molecular formula is C44H70Cu2Li2N8+2. The maximum Gasteiger partial charge on any atom is 1.00 e. The van der Waals surface area contributed by atoms with E-state index in [2.05, 4.69) is 185 Å². The Hall–Kier alpha value is -1.21. The molecule has 0 radical (unpaired) electrons. The van der Waals surface area contributed by atoms with Crippen LogP contribution < -0.4 is 47.5 Å². The molecule has 4 aromatic carbocycles. The van der Waals surface area contributed by atoms with Crippen LogP contribution in [0.5, 0.6) is 0 Å². The maximum absolute atomic E-state index is 4.46. The molecule has 0 saturated heterocycles. The van der Waals surface area contributed by atoms with Crippen LogP contribution in [0.15, 0.2) is 121 Å². The van der Waals surface area contributed by atoms with E-state index in [9.17, 15) is 0 Å². The minimum atomic E-state index is 0. The van der Waals surface area contributed by atoms with Gasteiger partial charge < -0.3 is 40.9 Å². The van der Waals surface area contributed by atoms with Crippen molar-refractivity contribution in [2.24, 2.45) is 0 Å². The van der Waals surface area contributed by atoms with Crippen molar-refractivity contribution in [3.8, 4) is 0 Å². The normalized spacial score (nSPS) is 9.93. The molecule has 8 nitrogen and oxygen atoms in total. The number of likely N-dealkylation sites (N-methyl/N-ethyl adjacent to an activating group) is 4. The second-order valence-electron chi connectivity index (χ2n) is 13.9. The van der Waals surface area contributed by atoms with E-state index in [0.29, 0.717) is 0 Å². The van der Waals surface area contributed by atoms with E-state index in [-0.39, 0.29) is 71.9 Å². The molecule has 0 atom stereocenters. The summed E-state index contributed by atoms with van der Waals surface area (Å²) < 4.78 is 0. The van der Waals surface area contributed by atoms with Gasteiger partial charge in [0.05, 0.1) is 41.3 Å². The summed E-state index contributed by atoms with van der Waals surface area (Å²) in [6.45, 7) is 11.4. The number of benzene rings is 4. The summed E-state index contributed by atoms with van der Waals surface area (Å²) in [7, 11) is 16.9. The summed E-state index contributed by atoms with van der Waals surface area (Å²) in [5, 5.41) is 17.8. The van der Waals surface area contributed by atoms with Gasteiger partial charge in [0, 0.05) is 0 Å². The third-order valence-electron chi connectivity index (χ3n) is 7.50. The molecule has 12 heteroatoms. The van der Waals surface area contributed by atoms with E-state index in [0.717, 1.165) is 78.5 Å². The molecule has 308 valence electrons. The van der Waals surface area contributed by atoms with Crippen molar-refractivity contribution in [2.75, 3.05) is 109 Å². The fourth-order valence-electron chi connectivity index (χ4n) is 4.31. The Morgan fingerprint density at radius 2 is 0.589 bits per heavy atom. The van der Waals surface area contributed by atoms with Crippen LogP contribution in [0.3, 0.4) is 0 Å². The van der Waals surface area contributed by atoms with E-state index in [1.54, 1.807) is 0 Å². The molecule has 0 aliphatic rings. The van der Waals surface area contributed by atoms with Crippen molar-refractivity contribution >= 4 is 0 Å². The zero-order valence-corrected chi connectivity index (χ0v) is 38.2. The Morgan fingerprint density at radius 1 is 0.375 bits per heavy atom. The SMILES string of the molecule is CN(C)CC[N-]Cc1ccccc1.CN(C)CC[N-]Cc1ccccc1.C[NH+](C)CC[N-]Cc1ccccc1.C[NH+](C)CC[N-]Cc1ccccc1.[Cu+].[Cu+].[Li+].[Li+]. The molecule has 2 N–H and O–H groups in total. The number of nitrogens with one attached hydrogen (secondary N) is 2. The predicted octanol–water partition coefficient (Wildman–Crippen LogP) is -0.344. The summed E-state index contributed by atoms with van der Waals surface area (Å²) in [5.74, 6) is 0. The first kappa shape index (κ1) is 61.5. The molecule has 0 unspecified atom stereocenters. The van der Waals surface area contributed by atoms with Crippen LogP contribution in [0, 0.1) is 0 Å². The fourth-order valence-corrected chi connectivity index (χ4v) is 4.31. The molecule has 0 fully saturated rings. The minimum absolute atomic E-state index is 0. The van der Waals surface area contributed by atoms with Crippen LogP contribution in [0.2, 0.25) is 0 Å². The summed E-state index contributed by atoms with van der Waals surface area (Å²) in [6.07, 6.45) is 0. The van der Waals surface area contributed by atoms with Crippen molar-refractivity contribution in [2.45, 2.75) is 26.2 Å². The van der Waals surface area contributed by atoms with Crippen molar-refractivity contribution in [3.05, 3.63) is 165 Å². The van der Waals surface area contributed by atoms with Gasteiger partial charge in [0.15, 0.2) is 0 Å². The summed E-state index contributed by atoms with van der Waals surface area (Å²) in [5.41, 5.74) is 5.19. The largest absolute Gasteiger partial charge is 1.00 e. The van der Waals surface area contributed by atoms with Gasteiger partial charge in [0.2, 0.25) is 0 Å². The molecule has 4 rings (SSSR count). The van der Waals surface area contributed by atoms with Gasteiger partial charge in [0.1, 0.15) is 0 Å². The summed E-state index contributed by atoms with van der Waals surface area (Å²) in [4.78, 5) is 7.21. The van der Waals surface area contributed by atoms with Crippen molar-refractivity contribution in [3.63, 3.8) is 0 Å². The molecule has 0 bridgehead atoms. The van der Waals surface area contributed by atoms with Gasteiger partial charge in [-0.25, -0.2) is 0 Å². The molecule has 0 aromatic heterocycles. The fraction of sp³-hybridized carbons (Fsp3) is 0.455. The smallest absolute Gasteiger partial charge is 0.657 e. The number of hydrogen-bond donors (Lipinski definition) is 2. The average Bonchev–Trinajstić information content (AvgIpc) is 3.15. The van der Waals surface area contributed by atoms with Gasteiger partial charge in [-0.05, 0) is 41.3 Å². The molecule has 0 aliphatic carbocycles. The third kappa shape index (κ3) is 41.0. The monoisotopic (exact) mass is 850 g/mol. The number of rotatable bonds is 20. The van der Waals surface area contributed by atoms with Gasteiger partial charge in [-0.15, -0.1) is 39.3 Å². The van der Waals surface area contributed by atoms with Crippen LogP contribution >= 0.6 is 0 Å². The number of quaternary nitrogens is 2. The van der Waals surface area contributed by atoms with E-state index in [1.807, 2.05) is 24.3 Å². The van der Waals surface area contributed by atoms with Crippen molar-refractivity contribution in [1.29, 1.82) is 0 Å². The van der Waals surface area contributed by atoms with Gasteiger partial charge in [-0.1, -0.05) is 157 Å². The second kappa shape index (κ2) is 43.4. The molecule has 0 heterocycles. The zero-order valence-electron chi connectivity index (χ0n) is 36.3. The van der Waals surface area contributed by atoms with Crippen molar-refractivity contribution < 1.29 is 81.7 Å². The van der Waals surface area contributed by atoms with E-state index in [4.69, 9.17) is 0 Å².